The minimum Gasteiger partial charge on any atom is -0.494 e. The van der Waals surface area contributed by atoms with Gasteiger partial charge in [0.05, 0.1) is 28.6 Å². The quantitative estimate of drug-likeness (QED) is 0.208. The van der Waals surface area contributed by atoms with Gasteiger partial charge in [-0.25, -0.2) is 4.98 Å². The number of amides is 2. The van der Waals surface area contributed by atoms with Gasteiger partial charge in [-0.15, -0.1) is 23.1 Å². The van der Waals surface area contributed by atoms with Gasteiger partial charge < -0.3 is 15.4 Å². The minimum atomic E-state index is -0.344. The van der Waals surface area contributed by atoms with Crippen LogP contribution >= 0.6 is 46.3 Å². The molecule has 36 heavy (non-hydrogen) atoms. The van der Waals surface area contributed by atoms with Crippen molar-refractivity contribution in [3.8, 4) is 17.0 Å². The van der Waals surface area contributed by atoms with Gasteiger partial charge in [0.15, 0.2) is 5.13 Å². The molecule has 4 rings (SSSR count). The Bertz CT molecular complexity index is 1380. The van der Waals surface area contributed by atoms with Crippen molar-refractivity contribution < 1.29 is 14.3 Å². The van der Waals surface area contributed by atoms with E-state index in [0.29, 0.717) is 28.0 Å². The van der Waals surface area contributed by atoms with E-state index < -0.39 is 0 Å². The van der Waals surface area contributed by atoms with Crippen LogP contribution in [0.25, 0.3) is 11.3 Å². The molecule has 1 heterocycles. The van der Waals surface area contributed by atoms with Crippen molar-refractivity contribution >= 4 is 68.9 Å². The second kappa shape index (κ2) is 12.3. The third kappa shape index (κ3) is 7.01. The van der Waals surface area contributed by atoms with Crippen LogP contribution in [-0.4, -0.2) is 29.2 Å². The fourth-order valence-electron chi connectivity index (χ4n) is 3.19. The zero-order chi connectivity index (χ0) is 25.5. The number of nitrogens with zero attached hydrogens (tertiary/aromatic N) is 1. The number of rotatable bonds is 9. The van der Waals surface area contributed by atoms with E-state index in [4.69, 9.17) is 27.9 Å². The van der Waals surface area contributed by atoms with Crippen LogP contribution in [0.3, 0.4) is 0 Å². The van der Waals surface area contributed by atoms with E-state index in [1.165, 1.54) is 29.2 Å². The van der Waals surface area contributed by atoms with Crippen LogP contribution in [-0.2, 0) is 4.79 Å². The summed E-state index contributed by atoms with van der Waals surface area (Å²) in [6.07, 6.45) is 0. The van der Waals surface area contributed by atoms with Crippen LogP contribution in [0.1, 0.15) is 17.3 Å². The maximum absolute atomic E-state index is 12.6. The molecule has 0 aliphatic carbocycles. The predicted molar refractivity (Wildman–Crippen MR) is 149 cm³/mol. The summed E-state index contributed by atoms with van der Waals surface area (Å²) in [4.78, 5) is 30.4. The van der Waals surface area contributed by atoms with Crippen LogP contribution in [0.15, 0.2) is 77.0 Å². The smallest absolute Gasteiger partial charge is 0.257 e. The van der Waals surface area contributed by atoms with E-state index in [2.05, 4.69) is 15.6 Å². The van der Waals surface area contributed by atoms with E-state index in [1.807, 2.05) is 48.7 Å². The van der Waals surface area contributed by atoms with Crippen molar-refractivity contribution in [2.24, 2.45) is 0 Å². The molecule has 0 bridgehead atoms. The molecular weight excluding hydrogens is 537 g/mol. The first-order valence-electron chi connectivity index (χ1n) is 10.9. The average molecular weight is 559 g/mol. The van der Waals surface area contributed by atoms with Crippen LogP contribution in [0.5, 0.6) is 5.75 Å². The Morgan fingerprint density at radius 3 is 2.58 bits per heavy atom. The number of nitrogens with one attached hydrogen (secondary N) is 2. The highest BCUT2D eigenvalue weighted by atomic mass is 35.5. The number of carbonyl (C=O) groups is 2. The van der Waals surface area contributed by atoms with E-state index in [1.54, 1.807) is 24.3 Å². The van der Waals surface area contributed by atoms with Crippen molar-refractivity contribution in [3.05, 3.63) is 87.7 Å². The number of aromatic nitrogens is 1. The van der Waals surface area contributed by atoms with E-state index in [9.17, 15) is 9.59 Å². The Morgan fingerprint density at radius 2 is 1.83 bits per heavy atom. The van der Waals surface area contributed by atoms with E-state index in [-0.39, 0.29) is 22.6 Å². The van der Waals surface area contributed by atoms with Gasteiger partial charge in [-0.3, -0.25) is 9.59 Å². The molecule has 0 aliphatic heterocycles. The molecule has 3 aromatic carbocycles. The van der Waals surface area contributed by atoms with Crippen molar-refractivity contribution in [2.45, 2.75) is 11.8 Å². The number of halogens is 2. The van der Waals surface area contributed by atoms with Gasteiger partial charge in [-0.2, -0.15) is 0 Å². The Balaban J connectivity index is 1.31. The fraction of sp³-hybridized carbons (Fsp3) is 0.115. The molecule has 6 nitrogen and oxygen atoms in total. The number of anilines is 2. The largest absolute Gasteiger partial charge is 0.494 e. The standard InChI is InChI=1S/C26H21Cl2N3O3S2/c1-2-34-19-9-6-16(7-10-19)23-14-36-26(30-23)31-24(32)15-35-20-5-3-4-18(13-20)29-25(33)21-11-8-17(27)12-22(21)28/h3-14H,2,15H2,1H3,(H,29,33)(H,30,31,32). The number of hydrogen-bond donors (Lipinski definition) is 2. The first-order chi connectivity index (χ1) is 17.4. The minimum absolute atomic E-state index is 0.171. The van der Waals surface area contributed by atoms with Crippen LogP contribution in [0.4, 0.5) is 10.8 Å². The van der Waals surface area contributed by atoms with Crippen LogP contribution < -0.4 is 15.4 Å². The lowest BCUT2D eigenvalue weighted by Crippen LogP contribution is -2.14. The molecular formula is C26H21Cl2N3O3S2. The van der Waals surface area contributed by atoms with Gasteiger partial charge in [0.1, 0.15) is 5.75 Å². The number of thioether (sulfide) groups is 1. The number of hydrogen-bond acceptors (Lipinski definition) is 6. The topological polar surface area (TPSA) is 80.3 Å². The molecule has 0 aliphatic rings. The SMILES string of the molecule is CCOc1ccc(-c2csc(NC(=O)CSc3cccc(NC(=O)c4ccc(Cl)cc4Cl)c3)n2)cc1. The summed E-state index contributed by atoms with van der Waals surface area (Å²) < 4.78 is 5.47. The van der Waals surface area contributed by atoms with E-state index >= 15 is 0 Å². The molecule has 0 saturated heterocycles. The molecule has 0 radical (unpaired) electrons. The Hall–Kier alpha value is -3.04. The molecule has 0 saturated carbocycles. The van der Waals surface area contributed by atoms with Gasteiger partial charge in [0.25, 0.3) is 5.91 Å². The predicted octanol–water partition coefficient (Wildman–Crippen LogP) is 7.50. The highest BCUT2D eigenvalue weighted by Gasteiger charge is 2.12. The maximum atomic E-state index is 12.6. The van der Waals surface area contributed by atoms with Crippen molar-refractivity contribution in [3.63, 3.8) is 0 Å². The molecule has 0 unspecified atom stereocenters. The van der Waals surface area contributed by atoms with Gasteiger partial charge in [-0.05, 0) is 67.6 Å². The summed E-state index contributed by atoms with van der Waals surface area (Å²) >= 11 is 14.7. The molecule has 10 heteroatoms. The summed E-state index contributed by atoms with van der Waals surface area (Å²) in [5, 5.41) is 8.82. The number of carbonyl (C=O) groups excluding carboxylic acids is 2. The van der Waals surface area contributed by atoms with Crippen LogP contribution in [0, 0.1) is 0 Å². The lowest BCUT2D eigenvalue weighted by Gasteiger charge is -2.09. The fourth-order valence-corrected chi connectivity index (χ4v) is 5.18. The summed E-state index contributed by atoms with van der Waals surface area (Å²) in [6.45, 7) is 2.55. The average Bonchev–Trinajstić information content (AvgIpc) is 3.32. The molecule has 2 N–H and O–H groups in total. The third-order valence-electron chi connectivity index (χ3n) is 4.85. The van der Waals surface area contributed by atoms with Gasteiger partial charge in [0.2, 0.25) is 5.91 Å². The first-order valence-corrected chi connectivity index (χ1v) is 13.5. The van der Waals surface area contributed by atoms with Crippen molar-refractivity contribution in [2.75, 3.05) is 23.0 Å². The highest BCUT2D eigenvalue weighted by molar-refractivity contribution is 8.00. The van der Waals surface area contributed by atoms with Crippen molar-refractivity contribution in [1.82, 2.24) is 4.98 Å². The summed E-state index contributed by atoms with van der Waals surface area (Å²) in [6, 6.07) is 19.6. The second-order valence-corrected chi connectivity index (χ2v) is 10.2. The zero-order valence-electron chi connectivity index (χ0n) is 19.1. The Morgan fingerprint density at radius 1 is 1.03 bits per heavy atom. The number of thiazole rings is 1. The molecule has 0 atom stereocenters. The highest BCUT2D eigenvalue weighted by Crippen LogP contribution is 2.28. The molecule has 2 amide bonds. The lowest BCUT2D eigenvalue weighted by molar-refractivity contribution is -0.113. The lowest BCUT2D eigenvalue weighted by atomic mass is 10.2. The van der Waals surface area contributed by atoms with E-state index in [0.717, 1.165) is 21.9 Å². The van der Waals surface area contributed by atoms with Crippen molar-refractivity contribution in [1.29, 1.82) is 0 Å². The van der Waals surface area contributed by atoms with Gasteiger partial charge in [0, 0.05) is 26.5 Å². The normalized spacial score (nSPS) is 10.6. The first kappa shape index (κ1) is 26.0. The molecule has 184 valence electrons. The van der Waals surface area contributed by atoms with Gasteiger partial charge in [-0.1, -0.05) is 29.3 Å². The number of ether oxygens (including phenoxy) is 1. The van der Waals surface area contributed by atoms with Gasteiger partial charge >= 0.3 is 0 Å². The van der Waals surface area contributed by atoms with Crippen LogP contribution in [0.2, 0.25) is 10.0 Å². The Kier molecular flexibility index (Phi) is 8.88. The number of benzene rings is 3. The second-order valence-electron chi connectivity index (χ2n) is 7.44. The third-order valence-corrected chi connectivity index (χ3v) is 7.15. The maximum Gasteiger partial charge on any atom is 0.257 e. The summed E-state index contributed by atoms with van der Waals surface area (Å²) in [5.41, 5.74) is 2.65. The molecule has 0 fully saturated rings. The zero-order valence-corrected chi connectivity index (χ0v) is 22.2. The molecule has 4 aromatic rings. The molecule has 1 aromatic heterocycles. The molecule has 0 spiro atoms. The summed E-state index contributed by atoms with van der Waals surface area (Å²) in [5.74, 6) is 0.483. The monoisotopic (exact) mass is 557 g/mol. The summed E-state index contributed by atoms with van der Waals surface area (Å²) in [7, 11) is 0. The Labute approximate surface area is 227 Å².